The number of rotatable bonds is 4. The number of hydrogen-bond donors (Lipinski definition) is 1. The highest BCUT2D eigenvalue weighted by Crippen LogP contribution is 2.21. The van der Waals surface area contributed by atoms with Gasteiger partial charge < -0.3 is 14.8 Å². The molecule has 3 nitrogen and oxygen atoms in total. The van der Waals surface area contributed by atoms with Gasteiger partial charge in [0.15, 0.2) is 0 Å². The summed E-state index contributed by atoms with van der Waals surface area (Å²) in [6.45, 7) is 5.97. The number of nitrogens with one attached hydrogen (secondary N) is 1. The molecule has 1 heterocycles. The van der Waals surface area contributed by atoms with E-state index in [4.69, 9.17) is 9.47 Å². The molecule has 0 aromatic heterocycles. The van der Waals surface area contributed by atoms with Crippen LogP contribution in [0, 0.1) is 0 Å². The maximum absolute atomic E-state index is 5.72. The van der Waals surface area contributed by atoms with E-state index in [0.29, 0.717) is 18.3 Å². The SMILES string of the molecule is CNCCOC1CC(C)OC(C)C1. The van der Waals surface area contributed by atoms with Crippen molar-refractivity contribution in [2.45, 2.75) is 45.0 Å². The fraction of sp³-hybridized carbons (Fsp3) is 1.00. The van der Waals surface area contributed by atoms with Gasteiger partial charge in [-0.2, -0.15) is 0 Å². The summed E-state index contributed by atoms with van der Waals surface area (Å²) in [7, 11) is 1.94. The van der Waals surface area contributed by atoms with E-state index in [2.05, 4.69) is 19.2 Å². The maximum atomic E-state index is 5.72. The summed E-state index contributed by atoms with van der Waals surface area (Å²) in [5, 5.41) is 3.07. The molecule has 2 unspecified atom stereocenters. The van der Waals surface area contributed by atoms with Crippen molar-refractivity contribution >= 4 is 0 Å². The molecular formula is C10H21NO2. The van der Waals surface area contributed by atoms with Crippen LogP contribution in [0.15, 0.2) is 0 Å². The van der Waals surface area contributed by atoms with Crippen LogP contribution in [-0.2, 0) is 9.47 Å². The minimum atomic E-state index is 0.350. The normalized spacial score (nSPS) is 34.8. The van der Waals surface area contributed by atoms with E-state index < -0.39 is 0 Å². The molecule has 1 N–H and O–H groups in total. The summed E-state index contributed by atoms with van der Waals surface area (Å²) in [5.74, 6) is 0. The highest BCUT2D eigenvalue weighted by molar-refractivity contribution is 4.73. The van der Waals surface area contributed by atoms with Gasteiger partial charge in [0.1, 0.15) is 0 Å². The Morgan fingerprint density at radius 3 is 2.46 bits per heavy atom. The first-order chi connectivity index (χ1) is 6.22. The fourth-order valence-electron chi connectivity index (χ4n) is 1.81. The molecule has 0 bridgehead atoms. The molecule has 1 aliphatic rings. The lowest BCUT2D eigenvalue weighted by Gasteiger charge is -2.31. The van der Waals surface area contributed by atoms with Crippen LogP contribution in [0.1, 0.15) is 26.7 Å². The molecule has 0 aromatic carbocycles. The van der Waals surface area contributed by atoms with Gasteiger partial charge in [0.2, 0.25) is 0 Å². The largest absolute Gasteiger partial charge is 0.377 e. The van der Waals surface area contributed by atoms with Gasteiger partial charge >= 0.3 is 0 Å². The van der Waals surface area contributed by atoms with Crippen LogP contribution >= 0.6 is 0 Å². The highest BCUT2D eigenvalue weighted by Gasteiger charge is 2.24. The molecule has 2 atom stereocenters. The maximum Gasteiger partial charge on any atom is 0.0625 e. The van der Waals surface area contributed by atoms with Crippen molar-refractivity contribution in [2.75, 3.05) is 20.2 Å². The Hall–Kier alpha value is -0.120. The van der Waals surface area contributed by atoms with Gasteiger partial charge in [-0.3, -0.25) is 0 Å². The molecule has 0 saturated carbocycles. The second kappa shape index (κ2) is 5.58. The molecule has 3 heteroatoms. The molecule has 0 radical (unpaired) electrons. The number of hydrogen-bond acceptors (Lipinski definition) is 3. The fourth-order valence-corrected chi connectivity index (χ4v) is 1.81. The van der Waals surface area contributed by atoms with Crippen molar-refractivity contribution < 1.29 is 9.47 Å². The van der Waals surface area contributed by atoms with Gasteiger partial charge in [0, 0.05) is 6.54 Å². The summed E-state index contributed by atoms with van der Waals surface area (Å²) in [4.78, 5) is 0. The predicted molar refractivity (Wildman–Crippen MR) is 52.9 cm³/mol. The van der Waals surface area contributed by atoms with E-state index in [1.807, 2.05) is 7.05 Å². The van der Waals surface area contributed by atoms with E-state index in [0.717, 1.165) is 26.0 Å². The van der Waals surface area contributed by atoms with Crippen LogP contribution in [0.4, 0.5) is 0 Å². The average Bonchev–Trinajstić information content (AvgIpc) is 2.03. The summed E-state index contributed by atoms with van der Waals surface area (Å²) < 4.78 is 11.3. The number of ether oxygens (including phenoxy) is 2. The molecule has 1 fully saturated rings. The van der Waals surface area contributed by atoms with Gasteiger partial charge in [-0.05, 0) is 33.7 Å². The van der Waals surface area contributed by atoms with Gasteiger partial charge in [-0.1, -0.05) is 0 Å². The second-order valence-corrected chi connectivity index (χ2v) is 3.83. The summed E-state index contributed by atoms with van der Waals surface area (Å²) >= 11 is 0. The van der Waals surface area contributed by atoms with Crippen molar-refractivity contribution in [2.24, 2.45) is 0 Å². The summed E-state index contributed by atoms with van der Waals surface area (Å²) in [6, 6.07) is 0. The Morgan fingerprint density at radius 2 is 1.92 bits per heavy atom. The topological polar surface area (TPSA) is 30.5 Å². The first kappa shape index (κ1) is 11.0. The lowest BCUT2D eigenvalue weighted by molar-refractivity contribution is -0.101. The monoisotopic (exact) mass is 187 g/mol. The lowest BCUT2D eigenvalue weighted by Crippen LogP contribution is -2.35. The van der Waals surface area contributed by atoms with Crippen LogP contribution in [0.2, 0.25) is 0 Å². The molecule has 0 spiro atoms. The van der Waals surface area contributed by atoms with E-state index >= 15 is 0 Å². The first-order valence-electron chi connectivity index (χ1n) is 5.14. The Balaban J connectivity index is 2.17. The van der Waals surface area contributed by atoms with Crippen molar-refractivity contribution in [3.05, 3.63) is 0 Å². The predicted octanol–water partition coefficient (Wildman–Crippen LogP) is 1.18. The van der Waals surface area contributed by atoms with Gasteiger partial charge in [0.05, 0.1) is 24.9 Å². The first-order valence-corrected chi connectivity index (χ1v) is 5.14. The van der Waals surface area contributed by atoms with Crippen LogP contribution in [0.25, 0.3) is 0 Å². The van der Waals surface area contributed by atoms with E-state index in [-0.39, 0.29) is 0 Å². The summed E-state index contributed by atoms with van der Waals surface area (Å²) in [6.07, 6.45) is 3.17. The second-order valence-electron chi connectivity index (χ2n) is 3.83. The third kappa shape index (κ3) is 4.07. The summed E-state index contributed by atoms with van der Waals surface area (Å²) in [5.41, 5.74) is 0. The quantitative estimate of drug-likeness (QED) is 0.670. The van der Waals surface area contributed by atoms with Crippen LogP contribution < -0.4 is 5.32 Å². The smallest absolute Gasteiger partial charge is 0.0625 e. The molecule has 1 saturated heterocycles. The molecule has 0 aliphatic carbocycles. The van der Waals surface area contributed by atoms with E-state index in [1.165, 1.54) is 0 Å². The molecule has 13 heavy (non-hydrogen) atoms. The molecule has 1 rings (SSSR count). The zero-order chi connectivity index (χ0) is 9.68. The zero-order valence-corrected chi connectivity index (χ0v) is 8.88. The third-order valence-corrected chi connectivity index (χ3v) is 2.36. The average molecular weight is 187 g/mol. The molecule has 1 aliphatic heterocycles. The Bertz CT molecular complexity index is 131. The van der Waals surface area contributed by atoms with Gasteiger partial charge in [0.25, 0.3) is 0 Å². The van der Waals surface area contributed by atoms with E-state index in [1.54, 1.807) is 0 Å². The molecule has 0 aromatic rings. The van der Waals surface area contributed by atoms with Gasteiger partial charge in [-0.15, -0.1) is 0 Å². The Morgan fingerprint density at radius 1 is 1.31 bits per heavy atom. The van der Waals surface area contributed by atoms with Gasteiger partial charge in [-0.25, -0.2) is 0 Å². The van der Waals surface area contributed by atoms with Crippen molar-refractivity contribution in [1.29, 1.82) is 0 Å². The minimum Gasteiger partial charge on any atom is -0.377 e. The number of likely N-dealkylation sites (N-methyl/N-ethyl adjacent to an activating group) is 1. The van der Waals surface area contributed by atoms with E-state index in [9.17, 15) is 0 Å². The zero-order valence-electron chi connectivity index (χ0n) is 8.88. The van der Waals surface area contributed by atoms with Crippen LogP contribution in [0.5, 0.6) is 0 Å². The van der Waals surface area contributed by atoms with Crippen LogP contribution in [-0.4, -0.2) is 38.5 Å². The Kier molecular flexibility index (Phi) is 4.70. The lowest BCUT2D eigenvalue weighted by atomic mass is 10.0. The van der Waals surface area contributed by atoms with Crippen molar-refractivity contribution in [3.8, 4) is 0 Å². The third-order valence-electron chi connectivity index (χ3n) is 2.36. The molecular weight excluding hydrogens is 166 g/mol. The molecule has 78 valence electrons. The highest BCUT2D eigenvalue weighted by atomic mass is 16.5. The van der Waals surface area contributed by atoms with Crippen molar-refractivity contribution in [3.63, 3.8) is 0 Å². The molecule has 0 amide bonds. The van der Waals surface area contributed by atoms with Crippen molar-refractivity contribution in [1.82, 2.24) is 5.32 Å². The minimum absolute atomic E-state index is 0.350. The van der Waals surface area contributed by atoms with Crippen LogP contribution in [0.3, 0.4) is 0 Å². The standard InChI is InChI=1S/C10H21NO2/c1-8-6-10(7-9(2)13-8)12-5-4-11-3/h8-11H,4-7H2,1-3H3. The Labute approximate surface area is 80.8 Å².